The number of aryl methyl sites for hydroxylation is 1. The van der Waals surface area contributed by atoms with Gasteiger partial charge in [-0.3, -0.25) is 9.59 Å². The van der Waals surface area contributed by atoms with Crippen molar-refractivity contribution >= 4 is 39.9 Å². The zero-order valence-corrected chi connectivity index (χ0v) is 16.2. The molecule has 0 unspecified atom stereocenters. The smallest absolute Gasteiger partial charge is 0.251 e. The number of hydrogen-bond acceptors (Lipinski definition) is 7. The molecule has 1 aliphatic rings. The number of fused-ring (bicyclic) bond motifs is 1. The number of primary amides is 1. The van der Waals surface area contributed by atoms with E-state index in [1.54, 1.807) is 23.0 Å². The third-order valence-electron chi connectivity index (χ3n) is 4.33. The Morgan fingerprint density at radius 2 is 2.26 bits per heavy atom. The molecule has 2 amide bonds. The third kappa shape index (κ3) is 3.37. The summed E-state index contributed by atoms with van der Waals surface area (Å²) < 4.78 is 7.10. The minimum atomic E-state index is -0.492. The number of nitrogens with two attached hydrogens (primary N) is 1. The van der Waals surface area contributed by atoms with E-state index in [1.807, 2.05) is 7.05 Å². The molecule has 0 atom stereocenters. The van der Waals surface area contributed by atoms with E-state index in [2.05, 4.69) is 15.5 Å². The number of nitrogens with zero attached hydrogens (tertiary/aromatic N) is 3. The fourth-order valence-electron chi connectivity index (χ4n) is 3.11. The molecule has 27 heavy (non-hydrogen) atoms. The van der Waals surface area contributed by atoms with Gasteiger partial charge in [0.05, 0.1) is 17.6 Å². The maximum Gasteiger partial charge on any atom is 0.251 e. The van der Waals surface area contributed by atoms with Gasteiger partial charge in [0.1, 0.15) is 5.00 Å². The van der Waals surface area contributed by atoms with Gasteiger partial charge in [-0.1, -0.05) is 11.8 Å². The molecule has 1 aliphatic carbocycles. The first-order valence-electron chi connectivity index (χ1n) is 8.35. The highest BCUT2D eigenvalue weighted by molar-refractivity contribution is 7.99. The van der Waals surface area contributed by atoms with Gasteiger partial charge >= 0.3 is 0 Å². The number of nitrogens with one attached hydrogen (secondary N) is 1. The van der Waals surface area contributed by atoms with Crippen LogP contribution in [0.25, 0.3) is 11.6 Å². The van der Waals surface area contributed by atoms with Crippen molar-refractivity contribution in [1.82, 2.24) is 14.8 Å². The molecule has 3 aromatic rings. The molecule has 4 rings (SSSR count). The van der Waals surface area contributed by atoms with Gasteiger partial charge in [0, 0.05) is 11.9 Å². The SMILES string of the molecule is Cn1c(SCC(=O)Nc2sc3c(c2C(N)=O)CCC3)nnc1-c1ccco1. The summed E-state index contributed by atoms with van der Waals surface area (Å²) in [5.41, 5.74) is 6.98. The van der Waals surface area contributed by atoms with Gasteiger partial charge in [0.15, 0.2) is 16.7 Å². The van der Waals surface area contributed by atoms with Crippen LogP contribution in [0.1, 0.15) is 27.2 Å². The zero-order valence-electron chi connectivity index (χ0n) is 14.5. The number of hydrogen-bond donors (Lipinski definition) is 2. The predicted molar refractivity (Wildman–Crippen MR) is 103 cm³/mol. The Morgan fingerprint density at radius 3 is 3.00 bits per heavy atom. The lowest BCUT2D eigenvalue weighted by molar-refractivity contribution is -0.113. The quantitative estimate of drug-likeness (QED) is 0.611. The van der Waals surface area contributed by atoms with Crippen LogP contribution in [0.15, 0.2) is 28.0 Å². The van der Waals surface area contributed by atoms with Crippen molar-refractivity contribution < 1.29 is 14.0 Å². The molecule has 0 fully saturated rings. The van der Waals surface area contributed by atoms with Crippen LogP contribution in [0.2, 0.25) is 0 Å². The van der Waals surface area contributed by atoms with Crippen molar-refractivity contribution in [3.05, 3.63) is 34.4 Å². The van der Waals surface area contributed by atoms with Crippen molar-refractivity contribution in [2.75, 3.05) is 11.1 Å². The topological polar surface area (TPSA) is 116 Å². The molecule has 140 valence electrons. The number of aromatic nitrogens is 3. The number of amides is 2. The lowest BCUT2D eigenvalue weighted by atomic mass is 10.1. The molecule has 0 radical (unpaired) electrons. The summed E-state index contributed by atoms with van der Waals surface area (Å²) in [7, 11) is 1.81. The number of anilines is 1. The van der Waals surface area contributed by atoms with Crippen molar-refractivity contribution in [2.24, 2.45) is 12.8 Å². The number of thiophene rings is 1. The van der Waals surface area contributed by atoms with Crippen molar-refractivity contribution in [3.8, 4) is 11.6 Å². The second-order valence-corrected chi connectivity index (χ2v) is 8.15. The Balaban J connectivity index is 1.44. The molecule has 3 aromatic heterocycles. The molecule has 0 bridgehead atoms. The van der Waals surface area contributed by atoms with E-state index in [-0.39, 0.29) is 11.7 Å². The van der Waals surface area contributed by atoms with Gasteiger partial charge in [0.25, 0.3) is 5.91 Å². The van der Waals surface area contributed by atoms with E-state index in [0.29, 0.717) is 27.3 Å². The first kappa shape index (κ1) is 17.8. The number of thioether (sulfide) groups is 1. The largest absolute Gasteiger partial charge is 0.461 e. The van der Waals surface area contributed by atoms with Crippen molar-refractivity contribution in [1.29, 1.82) is 0 Å². The van der Waals surface area contributed by atoms with Crippen LogP contribution in [-0.4, -0.2) is 32.3 Å². The van der Waals surface area contributed by atoms with Crippen LogP contribution in [0.3, 0.4) is 0 Å². The third-order valence-corrected chi connectivity index (χ3v) is 6.56. The molecule has 8 nitrogen and oxygen atoms in total. The van der Waals surface area contributed by atoms with Crippen LogP contribution < -0.4 is 11.1 Å². The maximum atomic E-state index is 12.4. The lowest BCUT2D eigenvalue weighted by Gasteiger charge is -2.06. The minimum Gasteiger partial charge on any atom is -0.461 e. The number of carbonyl (C=O) groups excluding carboxylic acids is 2. The lowest BCUT2D eigenvalue weighted by Crippen LogP contribution is -2.19. The Morgan fingerprint density at radius 1 is 1.41 bits per heavy atom. The number of rotatable bonds is 6. The molecule has 3 heterocycles. The summed E-state index contributed by atoms with van der Waals surface area (Å²) in [5.74, 6) is 0.637. The summed E-state index contributed by atoms with van der Waals surface area (Å²) >= 11 is 2.71. The average Bonchev–Trinajstić information content (AvgIpc) is 3.36. The average molecular weight is 403 g/mol. The van der Waals surface area contributed by atoms with E-state index in [1.165, 1.54) is 23.1 Å². The van der Waals surface area contributed by atoms with E-state index >= 15 is 0 Å². The van der Waals surface area contributed by atoms with Crippen LogP contribution in [0.4, 0.5) is 5.00 Å². The Bertz CT molecular complexity index is 1010. The molecule has 3 N–H and O–H groups in total. The van der Waals surface area contributed by atoms with Gasteiger partial charge < -0.3 is 20.0 Å². The first-order valence-corrected chi connectivity index (χ1v) is 10.1. The van der Waals surface area contributed by atoms with Crippen LogP contribution in [-0.2, 0) is 24.7 Å². The molecule has 0 aromatic carbocycles. The molecular weight excluding hydrogens is 386 g/mol. The Kier molecular flexibility index (Phi) is 4.75. The van der Waals surface area contributed by atoms with E-state index < -0.39 is 5.91 Å². The Labute approximate surface area is 163 Å². The highest BCUT2D eigenvalue weighted by atomic mass is 32.2. The monoisotopic (exact) mass is 403 g/mol. The minimum absolute atomic E-state index is 0.144. The summed E-state index contributed by atoms with van der Waals surface area (Å²) in [4.78, 5) is 25.3. The van der Waals surface area contributed by atoms with Crippen molar-refractivity contribution in [2.45, 2.75) is 24.4 Å². The number of furan rings is 1. The molecule has 0 saturated heterocycles. The highest BCUT2D eigenvalue weighted by Gasteiger charge is 2.26. The second-order valence-electron chi connectivity index (χ2n) is 6.11. The first-order chi connectivity index (χ1) is 13.0. The molecule has 0 spiro atoms. The summed E-state index contributed by atoms with van der Waals surface area (Å²) in [6.07, 6.45) is 4.36. The van der Waals surface area contributed by atoms with E-state index in [0.717, 1.165) is 29.7 Å². The predicted octanol–water partition coefficient (Wildman–Crippen LogP) is 2.46. The van der Waals surface area contributed by atoms with Crippen molar-refractivity contribution in [3.63, 3.8) is 0 Å². The Hall–Kier alpha value is -2.59. The fourth-order valence-corrected chi connectivity index (χ4v) is 5.13. The van der Waals surface area contributed by atoms with E-state index in [4.69, 9.17) is 10.2 Å². The van der Waals surface area contributed by atoms with Gasteiger partial charge in [-0.15, -0.1) is 21.5 Å². The van der Waals surface area contributed by atoms with Gasteiger partial charge in [-0.25, -0.2) is 0 Å². The van der Waals surface area contributed by atoms with Crippen LogP contribution >= 0.6 is 23.1 Å². The van der Waals surface area contributed by atoms with Gasteiger partial charge in [0.2, 0.25) is 5.91 Å². The van der Waals surface area contributed by atoms with E-state index in [9.17, 15) is 9.59 Å². The van der Waals surface area contributed by atoms with Crippen LogP contribution in [0, 0.1) is 0 Å². The maximum absolute atomic E-state index is 12.4. The summed E-state index contributed by atoms with van der Waals surface area (Å²) in [6, 6.07) is 3.57. The summed E-state index contributed by atoms with van der Waals surface area (Å²) in [5, 5.41) is 12.2. The second kappa shape index (κ2) is 7.20. The highest BCUT2D eigenvalue weighted by Crippen LogP contribution is 2.38. The van der Waals surface area contributed by atoms with Crippen LogP contribution in [0.5, 0.6) is 0 Å². The fraction of sp³-hybridized carbons (Fsp3) is 0.294. The zero-order chi connectivity index (χ0) is 19.0. The van der Waals surface area contributed by atoms with Gasteiger partial charge in [-0.2, -0.15) is 0 Å². The normalized spacial score (nSPS) is 12.9. The standard InChI is InChI=1S/C17H17N5O3S2/c1-22-15(10-5-3-7-25-10)20-21-17(22)26-8-12(23)19-16-13(14(18)24)9-4-2-6-11(9)27-16/h3,5,7H,2,4,6,8H2,1H3,(H2,18,24)(H,19,23). The number of carbonyl (C=O) groups is 2. The molecule has 10 heteroatoms. The molecule has 0 aliphatic heterocycles. The molecular formula is C17H17N5O3S2. The molecule has 0 saturated carbocycles. The summed E-state index contributed by atoms with van der Waals surface area (Å²) in [6.45, 7) is 0. The van der Waals surface area contributed by atoms with Gasteiger partial charge in [-0.05, 0) is 37.0 Å².